The molecule has 2 aromatic rings. The van der Waals surface area contributed by atoms with Crippen LogP contribution >= 0.6 is 23.5 Å². The lowest BCUT2D eigenvalue weighted by Crippen LogP contribution is -2.03. The molecule has 26 heavy (non-hydrogen) atoms. The molecule has 0 aliphatic heterocycles. The Morgan fingerprint density at radius 1 is 0.962 bits per heavy atom. The zero-order valence-corrected chi connectivity index (χ0v) is 16.5. The van der Waals surface area contributed by atoms with Crippen molar-refractivity contribution in [2.45, 2.75) is 35.5 Å². The molecule has 2 N–H and O–H groups in total. The highest BCUT2D eigenvalue weighted by molar-refractivity contribution is 7.98. The second-order valence-electron chi connectivity index (χ2n) is 5.84. The summed E-state index contributed by atoms with van der Waals surface area (Å²) in [6.07, 6.45) is 5.67. The van der Waals surface area contributed by atoms with Crippen LogP contribution in [0.3, 0.4) is 0 Å². The first-order valence-corrected chi connectivity index (χ1v) is 10.7. The number of thioether (sulfide) groups is 2. The van der Waals surface area contributed by atoms with Gasteiger partial charge in [0, 0.05) is 27.3 Å². The molecule has 0 saturated carbocycles. The molecule has 0 atom stereocenters. The number of ketones is 1. The maximum Gasteiger partial charge on any atom is 0.303 e. The van der Waals surface area contributed by atoms with Crippen LogP contribution in [0.1, 0.15) is 40.7 Å². The number of hydrogen-bond acceptors (Lipinski definition) is 5. The predicted molar refractivity (Wildman–Crippen MR) is 107 cm³/mol. The van der Waals surface area contributed by atoms with Crippen molar-refractivity contribution < 1.29 is 19.8 Å². The fraction of sp³-hybridized carbons (Fsp3) is 0.300. The Labute approximate surface area is 162 Å². The first kappa shape index (κ1) is 20.4. The first-order chi connectivity index (χ1) is 12.5. The van der Waals surface area contributed by atoms with Gasteiger partial charge in [0.05, 0.1) is 0 Å². The third kappa shape index (κ3) is 5.29. The third-order valence-corrected chi connectivity index (χ3v) is 5.57. The highest BCUT2D eigenvalue weighted by atomic mass is 32.2. The molecule has 4 nitrogen and oxygen atoms in total. The van der Waals surface area contributed by atoms with Crippen molar-refractivity contribution in [1.29, 1.82) is 0 Å². The molecule has 138 valence electrons. The van der Waals surface area contributed by atoms with Crippen LogP contribution < -0.4 is 0 Å². The summed E-state index contributed by atoms with van der Waals surface area (Å²) in [6.45, 7) is 0. The fourth-order valence-corrected chi connectivity index (χ4v) is 3.62. The van der Waals surface area contributed by atoms with Gasteiger partial charge in [0.1, 0.15) is 5.75 Å². The highest BCUT2D eigenvalue weighted by Gasteiger charge is 2.15. The van der Waals surface area contributed by atoms with Gasteiger partial charge in [0.25, 0.3) is 0 Å². The number of rotatable bonds is 9. The van der Waals surface area contributed by atoms with E-state index in [0.29, 0.717) is 40.8 Å². The molecule has 0 aromatic heterocycles. The number of carbonyl (C=O) groups excluding carboxylic acids is 1. The largest absolute Gasteiger partial charge is 0.506 e. The lowest BCUT2D eigenvalue weighted by molar-refractivity contribution is -0.137. The van der Waals surface area contributed by atoms with E-state index in [4.69, 9.17) is 5.11 Å². The summed E-state index contributed by atoms with van der Waals surface area (Å²) in [4.78, 5) is 25.2. The molecule has 0 heterocycles. The maximum atomic E-state index is 12.8. The van der Waals surface area contributed by atoms with Gasteiger partial charge in [-0.3, -0.25) is 9.59 Å². The summed E-state index contributed by atoms with van der Waals surface area (Å²) < 4.78 is 0. The van der Waals surface area contributed by atoms with E-state index in [0.717, 1.165) is 4.90 Å². The number of benzene rings is 2. The molecule has 0 aliphatic rings. The number of unbranched alkanes of at least 4 members (excludes halogenated alkanes) is 1. The summed E-state index contributed by atoms with van der Waals surface area (Å²) in [5, 5.41) is 19.1. The predicted octanol–water partition coefficient (Wildman–Crippen LogP) is 4.86. The van der Waals surface area contributed by atoms with Crippen molar-refractivity contribution in [2.75, 3.05) is 12.5 Å². The van der Waals surface area contributed by atoms with Gasteiger partial charge in [-0.1, -0.05) is 0 Å². The van der Waals surface area contributed by atoms with E-state index in [-0.39, 0.29) is 18.0 Å². The normalized spacial score (nSPS) is 10.7. The van der Waals surface area contributed by atoms with Crippen molar-refractivity contribution >= 4 is 35.3 Å². The Bertz CT molecular complexity index is 785. The van der Waals surface area contributed by atoms with E-state index in [2.05, 4.69) is 0 Å². The Balaban J connectivity index is 2.25. The monoisotopic (exact) mass is 390 g/mol. The van der Waals surface area contributed by atoms with Gasteiger partial charge in [-0.05, 0) is 73.7 Å². The quantitative estimate of drug-likeness (QED) is 0.362. The van der Waals surface area contributed by atoms with Gasteiger partial charge >= 0.3 is 5.97 Å². The number of phenols is 1. The zero-order chi connectivity index (χ0) is 19.1. The molecule has 0 aliphatic carbocycles. The molecular weight excluding hydrogens is 368 g/mol. The molecule has 2 rings (SSSR count). The lowest BCUT2D eigenvalue weighted by Gasteiger charge is -2.12. The Morgan fingerprint density at radius 3 is 2.23 bits per heavy atom. The van der Waals surface area contributed by atoms with E-state index in [9.17, 15) is 14.7 Å². The number of phenolic OH excluding ortho intramolecular Hbond substituents is 1. The lowest BCUT2D eigenvalue weighted by atomic mass is 9.98. The molecular formula is C20H22O4S2. The molecule has 0 amide bonds. The second-order valence-corrected chi connectivity index (χ2v) is 7.57. The van der Waals surface area contributed by atoms with Gasteiger partial charge in [-0.15, -0.1) is 23.5 Å². The Kier molecular flexibility index (Phi) is 7.60. The number of hydrogen-bond donors (Lipinski definition) is 2. The number of carboxylic acids is 1. The van der Waals surface area contributed by atoms with Crippen LogP contribution in [-0.2, 0) is 11.2 Å². The molecule has 0 fully saturated rings. The van der Waals surface area contributed by atoms with E-state index < -0.39 is 5.97 Å². The molecule has 0 saturated heterocycles. The minimum atomic E-state index is -0.823. The molecule has 0 unspecified atom stereocenters. The van der Waals surface area contributed by atoms with Crippen molar-refractivity contribution in [2.24, 2.45) is 0 Å². The average Bonchev–Trinajstić information content (AvgIpc) is 2.65. The van der Waals surface area contributed by atoms with Crippen LogP contribution in [0.15, 0.2) is 46.2 Å². The number of aryl methyl sites for hydroxylation is 1. The van der Waals surface area contributed by atoms with Crippen LogP contribution in [0.5, 0.6) is 5.75 Å². The fourth-order valence-electron chi connectivity index (χ4n) is 2.64. The van der Waals surface area contributed by atoms with Crippen molar-refractivity contribution in [3.63, 3.8) is 0 Å². The average molecular weight is 391 g/mol. The van der Waals surface area contributed by atoms with Crippen LogP contribution in [0.2, 0.25) is 0 Å². The van der Waals surface area contributed by atoms with Crippen molar-refractivity contribution in [3.8, 4) is 5.75 Å². The van der Waals surface area contributed by atoms with Gasteiger partial charge < -0.3 is 10.2 Å². The number of aliphatic carboxylic acids is 1. The number of carbonyl (C=O) groups is 2. The van der Waals surface area contributed by atoms with Crippen molar-refractivity contribution in [3.05, 3.63) is 53.1 Å². The summed E-state index contributed by atoms with van der Waals surface area (Å²) in [6, 6.07) is 10.9. The summed E-state index contributed by atoms with van der Waals surface area (Å²) in [7, 11) is 0. The zero-order valence-electron chi connectivity index (χ0n) is 14.8. The SMILES string of the molecule is CSc1ccc(C(=O)c2cc(CCCCC(=O)O)c(O)c(SC)c2)cc1. The van der Waals surface area contributed by atoms with E-state index >= 15 is 0 Å². The Hall–Kier alpha value is -1.92. The van der Waals surface area contributed by atoms with Crippen LogP contribution in [0.25, 0.3) is 0 Å². The first-order valence-electron chi connectivity index (χ1n) is 8.26. The molecule has 0 radical (unpaired) electrons. The van der Waals surface area contributed by atoms with Crippen molar-refractivity contribution in [1.82, 2.24) is 0 Å². The molecule has 0 spiro atoms. The van der Waals surface area contributed by atoms with E-state index in [1.807, 2.05) is 36.8 Å². The van der Waals surface area contributed by atoms with Gasteiger partial charge in [-0.2, -0.15) is 0 Å². The highest BCUT2D eigenvalue weighted by Crippen LogP contribution is 2.33. The summed E-state index contributed by atoms with van der Waals surface area (Å²) in [5.74, 6) is -0.724. The van der Waals surface area contributed by atoms with Crippen LogP contribution in [-0.4, -0.2) is 34.5 Å². The third-order valence-electron chi connectivity index (χ3n) is 4.07. The van der Waals surface area contributed by atoms with Gasteiger partial charge in [-0.25, -0.2) is 0 Å². The number of carboxylic acid groups (broad SMARTS) is 1. The second kappa shape index (κ2) is 9.69. The summed E-state index contributed by atoms with van der Waals surface area (Å²) in [5.41, 5.74) is 1.83. The molecule has 0 bridgehead atoms. The maximum absolute atomic E-state index is 12.8. The van der Waals surface area contributed by atoms with E-state index in [1.165, 1.54) is 11.8 Å². The van der Waals surface area contributed by atoms with E-state index in [1.54, 1.807) is 23.9 Å². The smallest absolute Gasteiger partial charge is 0.303 e. The standard InChI is InChI=1S/C20H22O4S2/c1-25-16-9-7-13(8-10-16)19(23)15-11-14(5-3-4-6-18(21)22)20(24)17(12-15)26-2/h7-12,24H,3-6H2,1-2H3,(H,21,22). The van der Waals surface area contributed by atoms with Gasteiger partial charge in [0.15, 0.2) is 5.78 Å². The molecule has 2 aromatic carbocycles. The topological polar surface area (TPSA) is 74.6 Å². The minimum Gasteiger partial charge on any atom is -0.506 e. The number of aromatic hydroxyl groups is 1. The van der Waals surface area contributed by atoms with Crippen LogP contribution in [0.4, 0.5) is 0 Å². The van der Waals surface area contributed by atoms with Crippen LogP contribution in [0, 0.1) is 0 Å². The van der Waals surface area contributed by atoms with Gasteiger partial charge in [0.2, 0.25) is 0 Å². The molecule has 6 heteroatoms. The Morgan fingerprint density at radius 2 is 1.65 bits per heavy atom. The summed E-state index contributed by atoms with van der Waals surface area (Å²) >= 11 is 3.01. The minimum absolute atomic E-state index is 0.0836.